The molecule has 2 heterocycles. The standard InChI is InChI=1S/C19H26BN3O4.C18H19BClN3O4.C18H26BNO4.C17H25BClNO4.C12H22BNO4/c1-12(2)9-17(20(26)27)23-18(25)19(3,4)10-16(24)15-11-21-13-7-5-6-8-14(13)22-15;20-14-3-1-12(2-4-14)9-13(19(26)27)10-16(24)18(5-6-18)23-17(25)15-11-21-7-8-22-15;1-13(2)10-16(19(23)24)20-17(22)18(8-9-18)12-15(21)11-14-6-4-3-5-7-14;1-11(2)9-13(18(23)24)10-15(21)17(3,4)20-16(22)12-5-7-14(19)8-6-12;1-8(2)6-10(13(17)18)14-11(16)12(4-5-12)7-9(3)15/h5-8,11-12,17,26-27H,9-10H2,1-4H3,(H,23,25);1-4,7-8,11,13,26-27H,5-6,9-10H2,(H,23,25);3-7,13,16,23-24H,8-12H2,1-2H3,(H,20,22);5-8,11,13,23-24H,9-10H2,1-4H3,(H,20,22);8,10,17-18H,4-7H2,1-3H3,(H,14,16)/t17-;13-;16-;13-;10-/m01010/s1. The fourth-order valence-electron chi connectivity index (χ4n) is 13.3. The Balaban J connectivity index is 0.000000269. The van der Waals surface area contributed by atoms with Gasteiger partial charge in [-0.15, -0.1) is 0 Å². The smallest absolute Gasteiger partial charge is 0.427 e. The van der Waals surface area contributed by atoms with Gasteiger partial charge < -0.3 is 76.8 Å². The molecule has 648 valence electrons. The van der Waals surface area contributed by atoms with E-state index in [0.29, 0.717) is 104 Å². The maximum atomic E-state index is 12.8. The molecule has 4 aromatic carbocycles. The summed E-state index contributed by atoms with van der Waals surface area (Å²) in [6, 6.07) is 30.1. The fourth-order valence-corrected chi connectivity index (χ4v) is 13.6. The molecule has 3 fully saturated rings. The van der Waals surface area contributed by atoms with Gasteiger partial charge in [0.05, 0.1) is 68.6 Å². The number of carbonyl (C=O) groups is 10. The summed E-state index contributed by atoms with van der Waals surface area (Å²) in [5.74, 6) is -4.93. The molecule has 0 unspecified atom stereocenters. The largest absolute Gasteiger partial charge is 0.475 e. The number of amides is 5. The molecule has 0 saturated heterocycles. The minimum Gasteiger partial charge on any atom is -0.427 e. The van der Waals surface area contributed by atoms with Crippen LogP contribution in [0.1, 0.15) is 229 Å². The van der Waals surface area contributed by atoms with Gasteiger partial charge in [0.15, 0.2) is 17.3 Å². The van der Waals surface area contributed by atoms with Crippen LogP contribution in [0.25, 0.3) is 11.0 Å². The monoisotopic (exact) mass is 1700 g/mol. The Hall–Kier alpha value is -8.50. The number of para-hydroxylation sites is 2. The van der Waals surface area contributed by atoms with Crippen molar-refractivity contribution in [3.8, 4) is 0 Å². The lowest BCUT2D eigenvalue weighted by molar-refractivity contribution is -0.131. The van der Waals surface area contributed by atoms with Crippen molar-refractivity contribution in [2.45, 2.75) is 240 Å². The molecule has 0 spiro atoms. The molecule has 9 rings (SSSR count). The quantitative estimate of drug-likeness (QED) is 0.0129. The predicted octanol–water partition coefficient (Wildman–Crippen LogP) is 7.71. The molecule has 15 N–H and O–H groups in total. The number of carbonyl (C=O) groups excluding carboxylic acids is 10. The van der Waals surface area contributed by atoms with Crippen molar-refractivity contribution in [2.75, 3.05) is 0 Å². The Morgan fingerprint density at radius 3 is 1.42 bits per heavy atom. The topological polar surface area (TPSA) is 485 Å². The van der Waals surface area contributed by atoms with Gasteiger partial charge in [-0.1, -0.05) is 147 Å². The predicted molar refractivity (Wildman–Crippen MR) is 462 cm³/mol. The number of hydrogen-bond acceptors (Lipinski definition) is 24. The highest BCUT2D eigenvalue weighted by molar-refractivity contribution is 6.45. The third-order valence-corrected chi connectivity index (χ3v) is 21.3. The molecule has 29 nitrogen and oxygen atoms in total. The minimum absolute atomic E-state index is 0.00685. The van der Waals surface area contributed by atoms with Crippen LogP contribution in [0.4, 0.5) is 0 Å². The summed E-state index contributed by atoms with van der Waals surface area (Å²) in [4.78, 5) is 139. The summed E-state index contributed by atoms with van der Waals surface area (Å²) in [5.41, 5.74) is -0.497. The first-order chi connectivity index (χ1) is 56.1. The third kappa shape index (κ3) is 34.4. The number of benzene rings is 4. The molecule has 6 aromatic rings. The van der Waals surface area contributed by atoms with Crippen LogP contribution in [0.2, 0.25) is 21.7 Å². The number of nitrogens with one attached hydrogen (secondary N) is 5. The highest BCUT2D eigenvalue weighted by atomic mass is 35.5. The summed E-state index contributed by atoms with van der Waals surface area (Å²) in [6.07, 6.45) is 12.3. The van der Waals surface area contributed by atoms with Gasteiger partial charge >= 0.3 is 35.6 Å². The second kappa shape index (κ2) is 47.2. The van der Waals surface area contributed by atoms with Gasteiger partial charge in [0.1, 0.15) is 23.0 Å². The zero-order chi connectivity index (χ0) is 89.8. The van der Waals surface area contributed by atoms with E-state index >= 15 is 0 Å². The Labute approximate surface area is 714 Å². The maximum Gasteiger partial charge on any atom is 0.475 e. The fraction of sp³-hybridized carbons (Fsp3) is 0.524. The van der Waals surface area contributed by atoms with Gasteiger partial charge in [-0.2, -0.15) is 0 Å². The van der Waals surface area contributed by atoms with Crippen LogP contribution in [0.15, 0.2) is 128 Å². The molecule has 3 aliphatic carbocycles. The lowest BCUT2D eigenvalue weighted by Crippen LogP contribution is -2.51. The summed E-state index contributed by atoms with van der Waals surface area (Å²) < 4.78 is 0. The van der Waals surface area contributed by atoms with E-state index in [4.69, 9.17) is 23.2 Å². The van der Waals surface area contributed by atoms with Crippen molar-refractivity contribution < 1.29 is 98.2 Å². The van der Waals surface area contributed by atoms with Crippen LogP contribution in [-0.2, 0) is 46.4 Å². The number of halogens is 2. The van der Waals surface area contributed by atoms with E-state index in [2.05, 4.69) is 46.5 Å². The van der Waals surface area contributed by atoms with Gasteiger partial charge in [0.25, 0.3) is 11.8 Å². The Bertz CT molecular complexity index is 4350. The third-order valence-electron chi connectivity index (χ3n) is 20.8. The van der Waals surface area contributed by atoms with E-state index < -0.39 is 104 Å². The first kappa shape index (κ1) is 102. The van der Waals surface area contributed by atoms with Gasteiger partial charge in [-0.05, 0) is 175 Å². The zero-order valence-electron chi connectivity index (χ0n) is 70.8. The average molecular weight is 1700 g/mol. The van der Waals surface area contributed by atoms with Crippen molar-refractivity contribution in [1.82, 2.24) is 46.5 Å². The Morgan fingerprint density at radius 2 is 0.967 bits per heavy atom. The van der Waals surface area contributed by atoms with Gasteiger partial charge in [0.2, 0.25) is 17.7 Å². The van der Waals surface area contributed by atoms with Crippen LogP contribution in [-0.4, -0.2) is 193 Å². The van der Waals surface area contributed by atoms with Gasteiger partial charge in [-0.25, -0.2) is 9.97 Å². The zero-order valence-corrected chi connectivity index (χ0v) is 72.3. The molecule has 36 heteroatoms. The normalized spacial score (nSPS) is 15.0. The molecule has 3 saturated carbocycles. The number of nitrogens with zero attached hydrogens (tertiary/aromatic N) is 4. The maximum absolute atomic E-state index is 12.8. The summed E-state index contributed by atoms with van der Waals surface area (Å²) in [6.45, 7) is 23.5. The number of hydrogen-bond donors (Lipinski definition) is 15. The molecular weight excluding hydrogens is 1580 g/mol. The molecule has 5 atom stereocenters. The Morgan fingerprint density at radius 1 is 0.492 bits per heavy atom. The molecular formula is C84H118B5Cl2N9O20. The van der Waals surface area contributed by atoms with Crippen LogP contribution in [0, 0.1) is 39.9 Å². The van der Waals surface area contributed by atoms with Gasteiger partial charge in [-0.3, -0.25) is 57.9 Å². The summed E-state index contributed by atoms with van der Waals surface area (Å²) >= 11 is 11.7. The van der Waals surface area contributed by atoms with Crippen LogP contribution >= 0.6 is 23.2 Å². The Kier molecular flexibility index (Phi) is 40.2. The number of rotatable bonds is 40. The molecule has 0 bridgehead atoms. The van der Waals surface area contributed by atoms with Crippen LogP contribution in [0.3, 0.4) is 0 Å². The van der Waals surface area contributed by atoms with Crippen LogP contribution < -0.4 is 26.6 Å². The SMILES string of the molecule is CC(=O)CC1(C(=O)N[C@@H](CC(C)C)B(O)O)CC1.CC(C)C[C@H](CC(=O)C(C)(C)NC(=O)c1ccc(Cl)cc1)B(O)O.CC(C)C[C@H](NC(=O)C(C)(C)CC(=O)c1cnc2ccccc2n1)B(O)O.CC(C)C[C@H](NC(=O)C1(CC(=O)Cc2ccccc2)CC1)B(O)O.O=C(NC1(C(=O)C[C@@H](Cc2ccc(Cl)cc2)B(O)O)CC1)c1cnccn1. The highest BCUT2D eigenvalue weighted by Crippen LogP contribution is 2.50. The van der Waals surface area contributed by atoms with Crippen molar-refractivity contribution >= 4 is 128 Å². The van der Waals surface area contributed by atoms with E-state index in [1.165, 1.54) is 31.7 Å². The van der Waals surface area contributed by atoms with Crippen molar-refractivity contribution in [3.63, 3.8) is 0 Å². The van der Waals surface area contributed by atoms with E-state index in [-0.39, 0.29) is 114 Å². The van der Waals surface area contributed by atoms with Crippen molar-refractivity contribution in [1.29, 1.82) is 0 Å². The molecule has 5 amide bonds. The van der Waals surface area contributed by atoms with Crippen molar-refractivity contribution in [2.24, 2.45) is 39.9 Å². The second-order valence-corrected chi connectivity index (χ2v) is 35.6. The van der Waals surface area contributed by atoms with Gasteiger partial charge in [0, 0.05) is 78.2 Å². The number of aromatic nitrogens is 4. The number of Topliss-reactive ketones (excluding diaryl/α,β-unsaturated/α-hetero) is 5. The lowest BCUT2D eigenvalue weighted by atomic mass is 9.65. The van der Waals surface area contributed by atoms with Crippen molar-refractivity contribution in [3.05, 3.63) is 166 Å². The summed E-state index contributed by atoms with van der Waals surface area (Å²) in [5, 5.41) is 109. The van der Waals surface area contributed by atoms with E-state index in [9.17, 15) is 98.2 Å². The molecule has 120 heavy (non-hydrogen) atoms. The first-order valence-electron chi connectivity index (χ1n) is 40.6. The van der Waals surface area contributed by atoms with E-state index in [0.717, 1.165) is 11.1 Å². The second-order valence-electron chi connectivity index (χ2n) is 34.7. The molecule has 0 radical (unpaired) electrons. The number of ketones is 5. The molecule has 3 aliphatic rings. The minimum atomic E-state index is -1.66. The first-order valence-corrected chi connectivity index (χ1v) is 41.4. The lowest BCUT2D eigenvalue weighted by Gasteiger charge is -2.27. The highest BCUT2D eigenvalue weighted by Gasteiger charge is 2.54. The molecule has 0 aliphatic heterocycles. The number of fused-ring (bicyclic) bond motifs is 1. The van der Waals surface area contributed by atoms with E-state index in [1.54, 1.807) is 82.3 Å². The van der Waals surface area contributed by atoms with E-state index in [1.807, 2.05) is 104 Å². The van der Waals surface area contributed by atoms with Crippen LogP contribution in [0.5, 0.6) is 0 Å². The summed E-state index contributed by atoms with van der Waals surface area (Å²) in [7, 11) is -8.01. The molecule has 2 aromatic heterocycles. The average Bonchev–Trinajstić information content (AvgIpc) is 1.68.